The summed E-state index contributed by atoms with van der Waals surface area (Å²) in [7, 11) is 1.48. The van der Waals surface area contributed by atoms with Gasteiger partial charge in [-0.2, -0.15) is 0 Å². The summed E-state index contributed by atoms with van der Waals surface area (Å²) < 4.78 is 21.2. The van der Waals surface area contributed by atoms with Crippen LogP contribution in [0.2, 0.25) is 0 Å². The van der Waals surface area contributed by atoms with Gasteiger partial charge in [-0.1, -0.05) is 13.8 Å². The van der Waals surface area contributed by atoms with E-state index in [-0.39, 0.29) is 24.1 Å². The summed E-state index contributed by atoms with van der Waals surface area (Å²) in [5.41, 5.74) is 0.237. The molecule has 0 fully saturated rings. The number of amides is 1. The average Bonchev–Trinajstić information content (AvgIpc) is 2.58. The zero-order valence-corrected chi connectivity index (χ0v) is 14.4. The standard InChI is InChI=1S/C17H23NO6/c1-10(2)11(3)18-15(19)9-24-17(20)12-7-13(21-4)16-14(8-12)22-5-6-23-16/h7-8,10-11H,5-6,9H2,1-4H3,(H,18,19)/t11-/m0/s1. The maximum absolute atomic E-state index is 12.2. The zero-order chi connectivity index (χ0) is 17.7. The van der Waals surface area contributed by atoms with Gasteiger partial charge in [0, 0.05) is 6.04 Å². The van der Waals surface area contributed by atoms with E-state index in [1.165, 1.54) is 19.2 Å². The van der Waals surface area contributed by atoms with Gasteiger partial charge in [-0.05, 0) is 25.0 Å². The quantitative estimate of drug-likeness (QED) is 0.797. The van der Waals surface area contributed by atoms with Gasteiger partial charge in [-0.15, -0.1) is 0 Å². The summed E-state index contributed by atoms with van der Waals surface area (Å²) in [6.07, 6.45) is 0. The monoisotopic (exact) mass is 337 g/mol. The van der Waals surface area contributed by atoms with Crippen molar-refractivity contribution < 1.29 is 28.5 Å². The number of rotatable bonds is 6. The lowest BCUT2D eigenvalue weighted by Gasteiger charge is -2.21. The van der Waals surface area contributed by atoms with Crippen LogP contribution in [0.5, 0.6) is 17.2 Å². The Labute approximate surface area is 141 Å². The summed E-state index contributed by atoms with van der Waals surface area (Å²) in [6.45, 7) is 6.37. The lowest BCUT2D eigenvalue weighted by Crippen LogP contribution is -2.38. The third kappa shape index (κ3) is 4.31. The van der Waals surface area contributed by atoms with E-state index >= 15 is 0 Å². The molecule has 2 rings (SSSR count). The molecule has 0 bridgehead atoms. The number of ether oxygens (including phenoxy) is 4. The summed E-state index contributed by atoms with van der Waals surface area (Å²) in [5, 5.41) is 2.77. The van der Waals surface area contributed by atoms with E-state index in [1.807, 2.05) is 20.8 Å². The Morgan fingerprint density at radius 1 is 1.21 bits per heavy atom. The molecular formula is C17H23NO6. The van der Waals surface area contributed by atoms with Crippen molar-refractivity contribution in [3.05, 3.63) is 17.7 Å². The molecule has 1 N–H and O–H groups in total. The number of methoxy groups -OCH3 is 1. The van der Waals surface area contributed by atoms with Crippen LogP contribution < -0.4 is 19.5 Å². The van der Waals surface area contributed by atoms with Crippen molar-refractivity contribution in [2.24, 2.45) is 5.92 Å². The van der Waals surface area contributed by atoms with Crippen LogP contribution in [0.3, 0.4) is 0 Å². The maximum Gasteiger partial charge on any atom is 0.338 e. The second-order valence-electron chi connectivity index (χ2n) is 5.88. The number of nitrogens with one attached hydrogen (secondary N) is 1. The lowest BCUT2D eigenvalue weighted by molar-refractivity contribution is -0.125. The summed E-state index contributed by atoms with van der Waals surface area (Å²) in [4.78, 5) is 24.0. The first-order chi connectivity index (χ1) is 11.4. The molecule has 7 nitrogen and oxygen atoms in total. The fourth-order valence-corrected chi connectivity index (χ4v) is 2.07. The normalized spacial score (nSPS) is 14.0. The first kappa shape index (κ1) is 17.9. The lowest BCUT2D eigenvalue weighted by atomic mass is 10.1. The van der Waals surface area contributed by atoms with E-state index in [4.69, 9.17) is 18.9 Å². The van der Waals surface area contributed by atoms with Crippen LogP contribution in [0.25, 0.3) is 0 Å². The van der Waals surface area contributed by atoms with Crippen LogP contribution >= 0.6 is 0 Å². The molecule has 1 aliphatic rings. The van der Waals surface area contributed by atoms with Gasteiger partial charge in [-0.25, -0.2) is 4.79 Å². The largest absolute Gasteiger partial charge is 0.493 e. The van der Waals surface area contributed by atoms with Crippen LogP contribution in [0.1, 0.15) is 31.1 Å². The molecule has 0 aromatic heterocycles. The molecule has 0 spiro atoms. The highest BCUT2D eigenvalue weighted by atomic mass is 16.6. The molecule has 0 radical (unpaired) electrons. The van der Waals surface area contributed by atoms with Crippen LogP contribution in [-0.4, -0.2) is 44.8 Å². The van der Waals surface area contributed by atoms with Crippen LogP contribution in [0.4, 0.5) is 0 Å². The third-order valence-corrected chi connectivity index (χ3v) is 3.79. The van der Waals surface area contributed by atoms with Crippen molar-refractivity contribution >= 4 is 11.9 Å². The van der Waals surface area contributed by atoms with Gasteiger partial charge in [0.25, 0.3) is 5.91 Å². The summed E-state index contributed by atoms with van der Waals surface area (Å²) in [5.74, 6) is 0.602. The highest BCUT2D eigenvalue weighted by Gasteiger charge is 2.22. The predicted molar refractivity (Wildman–Crippen MR) is 86.7 cm³/mol. The minimum Gasteiger partial charge on any atom is -0.493 e. The molecule has 1 heterocycles. The van der Waals surface area contributed by atoms with Gasteiger partial charge in [0.2, 0.25) is 5.75 Å². The second kappa shape index (κ2) is 7.90. The Balaban J connectivity index is 2.01. The van der Waals surface area contributed by atoms with Gasteiger partial charge < -0.3 is 24.3 Å². The predicted octanol–water partition coefficient (Wildman–Crippen LogP) is 1.78. The van der Waals surface area contributed by atoms with Crippen LogP contribution in [-0.2, 0) is 9.53 Å². The maximum atomic E-state index is 12.2. The van der Waals surface area contributed by atoms with Gasteiger partial charge in [0.1, 0.15) is 13.2 Å². The first-order valence-corrected chi connectivity index (χ1v) is 7.86. The highest BCUT2D eigenvalue weighted by molar-refractivity contribution is 5.92. The molecule has 1 amide bonds. The number of hydrogen-bond acceptors (Lipinski definition) is 6. The topological polar surface area (TPSA) is 83.1 Å². The molecule has 1 aromatic rings. The van der Waals surface area contributed by atoms with Crippen molar-refractivity contribution in [1.29, 1.82) is 0 Å². The van der Waals surface area contributed by atoms with E-state index in [2.05, 4.69) is 5.32 Å². The average molecular weight is 337 g/mol. The van der Waals surface area contributed by atoms with Crippen molar-refractivity contribution in [2.75, 3.05) is 26.9 Å². The van der Waals surface area contributed by atoms with Crippen molar-refractivity contribution in [1.82, 2.24) is 5.32 Å². The fourth-order valence-electron chi connectivity index (χ4n) is 2.07. The number of hydrogen-bond donors (Lipinski definition) is 1. The molecule has 24 heavy (non-hydrogen) atoms. The van der Waals surface area contributed by atoms with E-state index in [0.717, 1.165) is 0 Å². The number of benzene rings is 1. The molecule has 0 unspecified atom stereocenters. The fraction of sp³-hybridized carbons (Fsp3) is 0.529. The van der Waals surface area contributed by atoms with Gasteiger partial charge in [-0.3, -0.25) is 4.79 Å². The summed E-state index contributed by atoms with van der Waals surface area (Å²) >= 11 is 0. The smallest absolute Gasteiger partial charge is 0.338 e. The Morgan fingerprint density at radius 2 is 1.92 bits per heavy atom. The molecular weight excluding hydrogens is 314 g/mol. The molecule has 0 saturated carbocycles. The third-order valence-electron chi connectivity index (χ3n) is 3.79. The second-order valence-corrected chi connectivity index (χ2v) is 5.88. The first-order valence-electron chi connectivity index (χ1n) is 7.86. The molecule has 1 atom stereocenters. The highest BCUT2D eigenvalue weighted by Crippen LogP contribution is 2.40. The molecule has 0 aliphatic carbocycles. The number of esters is 1. The Bertz CT molecular complexity index is 596. The van der Waals surface area contributed by atoms with Crippen molar-refractivity contribution in [2.45, 2.75) is 26.8 Å². The zero-order valence-electron chi connectivity index (χ0n) is 14.4. The Kier molecular flexibility index (Phi) is 5.89. The van der Waals surface area contributed by atoms with E-state index in [0.29, 0.717) is 36.4 Å². The van der Waals surface area contributed by atoms with E-state index in [9.17, 15) is 9.59 Å². The molecule has 0 saturated heterocycles. The molecule has 1 aromatic carbocycles. The summed E-state index contributed by atoms with van der Waals surface area (Å²) in [6, 6.07) is 3.03. The van der Waals surface area contributed by atoms with Crippen LogP contribution in [0, 0.1) is 5.92 Å². The minimum atomic E-state index is -0.627. The molecule has 7 heteroatoms. The van der Waals surface area contributed by atoms with E-state index in [1.54, 1.807) is 0 Å². The Hall–Kier alpha value is -2.44. The molecule has 132 valence electrons. The molecule has 1 aliphatic heterocycles. The van der Waals surface area contributed by atoms with Gasteiger partial charge in [0.05, 0.1) is 12.7 Å². The van der Waals surface area contributed by atoms with Gasteiger partial charge >= 0.3 is 5.97 Å². The van der Waals surface area contributed by atoms with Gasteiger partial charge in [0.15, 0.2) is 18.1 Å². The van der Waals surface area contributed by atoms with Crippen molar-refractivity contribution in [3.8, 4) is 17.2 Å². The van der Waals surface area contributed by atoms with Crippen LogP contribution in [0.15, 0.2) is 12.1 Å². The SMILES string of the molecule is COc1cc(C(=O)OCC(=O)N[C@@H](C)C(C)C)cc2c1OCCO2. The minimum absolute atomic E-state index is 0.00518. The Morgan fingerprint density at radius 3 is 2.58 bits per heavy atom. The van der Waals surface area contributed by atoms with E-state index < -0.39 is 5.97 Å². The number of carbonyl (C=O) groups excluding carboxylic acids is 2. The number of carbonyl (C=O) groups is 2. The van der Waals surface area contributed by atoms with Crippen molar-refractivity contribution in [3.63, 3.8) is 0 Å². The number of fused-ring (bicyclic) bond motifs is 1.